The van der Waals surface area contributed by atoms with Crippen LogP contribution in [0.25, 0.3) is 0 Å². The highest BCUT2D eigenvalue weighted by Crippen LogP contribution is 2.15. The molecule has 0 aliphatic heterocycles. The lowest BCUT2D eigenvalue weighted by atomic mass is 10.2. The van der Waals surface area contributed by atoms with Crippen LogP contribution < -0.4 is 10.6 Å². The zero-order valence-corrected chi connectivity index (χ0v) is 11.9. The van der Waals surface area contributed by atoms with Gasteiger partial charge in [-0.1, -0.05) is 0 Å². The van der Waals surface area contributed by atoms with E-state index in [4.69, 9.17) is 0 Å². The molecule has 1 atom stereocenters. The summed E-state index contributed by atoms with van der Waals surface area (Å²) in [6.45, 7) is 4.53. The van der Waals surface area contributed by atoms with E-state index in [1.807, 2.05) is 30.7 Å². The van der Waals surface area contributed by atoms with Crippen molar-refractivity contribution in [2.24, 2.45) is 0 Å². The van der Waals surface area contributed by atoms with Gasteiger partial charge in [-0.05, 0) is 19.9 Å². The molecule has 1 amide bonds. The number of imidazole rings is 1. The van der Waals surface area contributed by atoms with Crippen molar-refractivity contribution in [3.8, 4) is 0 Å². The van der Waals surface area contributed by atoms with Crippen molar-refractivity contribution >= 4 is 11.6 Å². The highest BCUT2D eigenvalue weighted by atomic mass is 16.1. The number of amides is 1. The molecule has 0 fully saturated rings. The molecular formula is C14H19N5O. The number of hydrogen-bond acceptors (Lipinski definition) is 4. The molecule has 2 aromatic heterocycles. The molecular weight excluding hydrogens is 254 g/mol. The summed E-state index contributed by atoms with van der Waals surface area (Å²) in [7, 11) is 1.79. The van der Waals surface area contributed by atoms with Crippen LogP contribution in [0.2, 0.25) is 0 Å². The van der Waals surface area contributed by atoms with E-state index in [1.54, 1.807) is 25.8 Å². The third-order valence-corrected chi connectivity index (χ3v) is 2.98. The van der Waals surface area contributed by atoms with Gasteiger partial charge < -0.3 is 15.2 Å². The fraction of sp³-hybridized carbons (Fsp3) is 0.357. The summed E-state index contributed by atoms with van der Waals surface area (Å²) in [6.07, 6.45) is 6.92. The van der Waals surface area contributed by atoms with Gasteiger partial charge >= 0.3 is 0 Å². The van der Waals surface area contributed by atoms with Gasteiger partial charge in [-0.15, -0.1) is 0 Å². The number of pyridine rings is 1. The number of aromatic nitrogens is 3. The van der Waals surface area contributed by atoms with Gasteiger partial charge in [0.1, 0.15) is 0 Å². The third-order valence-electron chi connectivity index (χ3n) is 2.98. The van der Waals surface area contributed by atoms with Crippen LogP contribution in [0, 0.1) is 6.92 Å². The van der Waals surface area contributed by atoms with Crippen LogP contribution >= 0.6 is 0 Å². The Kier molecular flexibility index (Phi) is 4.34. The molecule has 0 saturated carbocycles. The van der Waals surface area contributed by atoms with E-state index in [1.165, 1.54) is 0 Å². The molecule has 0 saturated heterocycles. The molecule has 106 valence electrons. The minimum Gasteiger partial charge on any atom is -0.387 e. The Bertz CT molecular complexity index is 579. The Morgan fingerprint density at radius 1 is 1.50 bits per heavy atom. The number of nitrogens with one attached hydrogen (secondary N) is 2. The Morgan fingerprint density at radius 3 is 2.95 bits per heavy atom. The van der Waals surface area contributed by atoms with Crippen LogP contribution in [0.3, 0.4) is 0 Å². The van der Waals surface area contributed by atoms with E-state index in [-0.39, 0.29) is 11.9 Å². The maximum absolute atomic E-state index is 12.3. The monoisotopic (exact) mass is 273 g/mol. The Hall–Kier alpha value is -2.37. The number of hydrogen-bond donors (Lipinski definition) is 2. The molecule has 0 radical (unpaired) electrons. The number of carbonyl (C=O) groups is 1. The minimum atomic E-state index is -0.130. The quantitative estimate of drug-likeness (QED) is 0.865. The Morgan fingerprint density at radius 2 is 2.30 bits per heavy atom. The number of nitrogens with zero attached hydrogens (tertiary/aromatic N) is 3. The number of aryl methyl sites for hydroxylation is 1. The molecule has 6 nitrogen and oxygen atoms in total. The van der Waals surface area contributed by atoms with Crippen molar-refractivity contribution < 1.29 is 4.79 Å². The van der Waals surface area contributed by atoms with Gasteiger partial charge in [-0.2, -0.15) is 0 Å². The average molecular weight is 273 g/mol. The predicted octanol–water partition coefficient (Wildman–Crippen LogP) is 1.45. The van der Waals surface area contributed by atoms with Crippen molar-refractivity contribution in [3.05, 3.63) is 42.2 Å². The van der Waals surface area contributed by atoms with Crippen LogP contribution in [0.5, 0.6) is 0 Å². The number of anilines is 1. The summed E-state index contributed by atoms with van der Waals surface area (Å²) < 4.78 is 1.93. The molecule has 0 aromatic carbocycles. The Labute approximate surface area is 118 Å². The van der Waals surface area contributed by atoms with Gasteiger partial charge in [-0.25, -0.2) is 4.98 Å². The molecule has 20 heavy (non-hydrogen) atoms. The van der Waals surface area contributed by atoms with Crippen molar-refractivity contribution in [2.45, 2.75) is 26.4 Å². The fourth-order valence-corrected chi connectivity index (χ4v) is 2.01. The van der Waals surface area contributed by atoms with Gasteiger partial charge in [0, 0.05) is 43.9 Å². The summed E-state index contributed by atoms with van der Waals surface area (Å²) in [6, 6.07) is 1.86. The second kappa shape index (κ2) is 6.18. The van der Waals surface area contributed by atoms with E-state index in [2.05, 4.69) is 20.6 Å². The molecule has 6 heteroatoms. The first kappa shape index (κ1) is 14.0. The van der Waals surface area contributed by atoms with E-state index in [0.29, 0.717) is 12.1 Å². The van der Waals surface area contributed by atoms with Crippen molar-refractivity contribution in [1.29, 1.82) is 0 Å². The molecule has 2 N–H and O–H groups in total. The lowest BCUT2D eigenvalue weighted by Crippen LogP contribution is -2.35. The van der Waals surface area contributed by atoms with Crippen LogP contribution in [0.4, 0.5) is 5.69 Å². The summed E-state index contributed by atoms with van der Waals surface area (Å²) in [5.74, 6) is -0.130. The lowest BCUT2D eigenvalue weighted by molar-refractivity contribution is 0.0937. The number of carbonyl (C=O) groups excluding carboxylic acids is 1. The third kappa shape index (κ3) is 3.34. The first-order valence-corrected chi connectivity index (χ1v) is 6.51. The molecule has 0 aliphatic carbocycles. The smallest absolute Gasteiger partial charge is 0.255 e. The fourth-order valence-electron chi connectivity index (χ4n) is 2.01. The predicted molar refractivity (Wildman–Crippen MR) is 77.7 cm³/mol. The highest BCUT2D eigenvalue weighted by Gasteiger charge is 2.14. The second-order valence-corrected chi connectivity index (χ2v) is 4.76. The van der Waals surface area contributed by atoms with Crippen molar-refractivity contribution in [1.82, 2.24) is 19.9 Å². The average Bonchev–Trinajstić information content (AvgIpc) is 2.90. The topological polar surface area (TPSA) is 71.8 Å². The molecule has 2 aromatic rings. The summed E-state index contributed by atoms with van der Waals surface area (Å²) >= 11 is 0. The van der Waals surface area contributed by atoms with Gasteiger partial charge in [0.15, 0.2) is 0 Å². The molecule has 0 aliphatic rings. The van der Waals surface area contributed by atoms with Crippen LogP contribution in [0.15, 0.2) is 31.0 Å². The summed E-state index contributed by atoms with van der Waals surface area (Å²) in [4.78, 5) is 20.4. The maximum atomic E-state index is 12.3. The molecule has 2 heterocycles. The number of rotatable bonds is 5. The van der Waals surface area contributed by atoms with Crippen molar-refractivity contribution in [2.75, 3.05) is 12.4 Å². The second-order valence-electron chi connectivity index (χ2n) is 4.76. The van der Waals surface area contributed by atoms with Crippen LogP contribution in [-0.4, -0.2) is 33.5 Å². The zero-order chi connectivity index (χ0) is 14.5. The first-order chi connectivity index (χ1) is 9.60. The van der Waals surface area contributed by atoms with E-state index in [9.17, 15) is 4.79 Å². The van der Waals surface area contributed by atoms with Crippen molar-refractivity contribution in [3.63, 3.8) is 0 Å². The highest BCUT2D eigenvalue weighted by molar-refractivity contribution is 5.99. The summed E-state index contributed by atoms with van der Waals surface area (Å²) in [5.41, 5.74) is 2.21. The SMILES string of the molecule is CNc1cc(C)ncc1C(=O)NC(C)Cn1ccnc1. The Balaban J connectivity index is 2.04. The molecule has 1 unspecified atom stereocenters. The molecule has 0 bridgehead atoms. The molecule has 0 spiro atoms. The maximum Gasteiger partial charge on any atom is 0.255 e. The molecule has 2 rings (SSSR count). The van der Waals surface area contributed by atoms with Crippen LogP contribution in [0.1, 0.15) is 23.0 Å². The van der Waals surface area contributed by atoms with Gasteiger partial charge in [0.2, 0.25) is 0 Å². The van der Waals surface area contributed by atoms with Crippen LogP contribution in [-0.2, 0) is 6.54 Å². The lowest BCUT2D eigenvalue weighted by Gasteiger charge is -2.16. The zero-order valence-electron chi connectivity index (χ0n) is 11.9. The van der Waals surface area contributed by atoms with Gasteiger partial charge in [0.05, 0.1) is 17.6 Å². The standard InChI is InChI=1S/C14H19N5O/c1-10-6-13(15-3)12(7-17-10)14(20)18-11(2)8-19-5-4-16-9-19/h4-7,9,11H,8H2,1-3H3,(H,15,17)(H,18,20). The van der Waals surface area contributed by atoms with E-state index in [0.717, 1.165) is 11.4 Å². The van der Waals surface area contributed by atoms with Gasteiger partial charge in [0.25, 0.3) is 5.91 Å². The largest absolute Gasteiger partial charge is 0.387 e. The van der Waals surface area contributed by atoms with Gasteiger partial charge in [-0.3, -0.25) is 9.78 Å². The first-order valence-electron chi connectivity index (χ1n) is 6.51. The summed E-state index contributed by atoms with van der Waals surface area (Å²) in [5, 5.41) is 5.98. The minimum absolute atomic E-state index is 0.00251. The van der Waals surface area contributed by atoms with E-state index < -0.39 is 0 Å². The normalized spacial score (nSPS) is 11.9. The van der Waals surface area contributed by atoms with E-state index >= 15 is 0 Å².